The molecule has 1 fully saturated rings. The maximum atomic E-state index is 13.3. The van der Waals surface area contributed by atoms with Crippen LogP contribution in [0.1, 0.15) is 6.42 Å². The molecule has 1 aliphatic heterocycles. The zero-order valence-electron chi connectivity index (χ0n) is 18.1. The fraction of sp³-hybridized carbons (Fsp3) is 0.174. The number of carbonyl (C=O) groups is 1. The molecular formula is C23H17FN6O3S2. The molecule has 1 aliphatic rings. The number of nitrogens with one attached hydrogen (secondary N) is 1. The van der Waals surface area contributed by atoms with E-state index in [-0.39, 0.29) is 18.5 Å². The summed E-state index contributed by atoms with van der Waals surface area (Å²) >= 11 is 2.76. The molecule has 176 valence electrons. The van der Waals surface area contributed by atoms with Crippen LogP contribution in [0.25, 0.3) is 27.1 Å². The van der Waals surface area contributed by atoms with Gasteiger partial charge in [-0.05, 0) is 66.4 Å². The van der Waals surface area contributed by atoms with Gasteiger partial charge >= 0.3 is 6.09 Å². The smallest absolute Gasteiger partial charge is 0.413 e. The Morgan fingerprint density at radius 2 is 2.06 bits per heavy atom. The number of hydrogen-bond acceptors (Lipinski definition) is 9. The summed E-state index contributed by atoms with van der Waals surface area (Å²) in [5, 5.41) is 16.8. The molecule has 1 unspecified atom stereocenters. The van der Waals surface area contributed by atoms with Gasteiger partial charge in [-0.2, -0.15) is 9.61 Å². The van der Waals surface area contributed by atoms with Crippen molar-refractivity contribution in [2.24, 2.45) is 0 Å². The molecule has 0 bridgehead atoms. The summed E-state index contributed by atoms with van der Waals surface area (Å²) in [7, 11) is 0. The van der Waals surface area contributed by atoms with Gasteiger partial charge in [0.25, 0.3) is 0 Å². The lowest BCUT2D eigenvalue weighted by Crippen LogP contribution is -2.33. The summed E-state index contributed by atoms with van der Waals surface area (Å²) in [5.74, 6) is -0.299. The summed E-state index contributed by atoms with van der Waals surface area (Å²) in [4.78, 5) is 17.4. The number of hydrogen-bond donors (Lipinski definition) is 1. The average molecular weight is 509 g/mol. The van der Waals surface area contributed by atoms with Crippen LogP contribution in [0.3, 0.4) is 0 Å². The molecule has 12 heteroatoms. The molecule has 1 amide bonds. The number of aromatic nitrogens is 5. The number of benzene rings is 2. The molecule has 0 saturated carbocycles. The Hall–Kier alpha value is -3.61. The predicted octanol–water partition coefficient (Wildman–Crippen LogP) is 5.03. The molecule has 4 heterocycles. The lowest BCUT2D eigenvalue weighted by molar-refractivity contribution is -0.0783. The van der Waals surface area contributed by atoms with Gasteiger partial charge in [0.05, 0.1) is 22.0 Å². The van der Waals surface area contributed by atoms with Crippen LogP contribution in [0.4, 0.5) is 14.3 Å². The van der Waals surface area contributed by atoms with Crippen molar-refractivity contribution < 1.29 is 18.7 Å². The van der Waals surface area contributed by atoms with E-state index < -0.39 is 6.09 Å². The molecule has 0 radical (unpaired) electrons. The fourth-order valence-corrected chi connectivity index (χ4v) is 5.23. The van der Waals surface area contributed by atoms with Crippen molar-refractivity contribution in [3.8, 4) is 11.3 Å². The van der Waals surface area contributed by atoms with Crippen LogP contribution in [0.15, 0.2) is 64.6 Å². The van der Waals surface area contributed by atoms with Gasteiger partial charge < -0.3 is 9.47 Å². The maximum absolute atomic E-state index is 13.3. The third-order valence-corrected chi connectivity index (χ3v) is 7.21. The number of fused-ring (bicyclic) bond motifs is 2. The van der Waals surface area contributed by atoms with Gasteiger partial charge in [-0.15, -0.1) is 10.2 Å². The first-order valence-electron chi connectivity index (χ1n) is 10.7. The zero-order chi connectivity index (χ0) is 23.8. The summed E-state index contributed by atoms with van der Waals surface area (Å²) in [6, 6.07) is 15.6. The highest BCUT2D eigenvalue weighted by Gasteiger charge is 2.20. The quantitative estimate of drug-likeness (QED) is 0.341. The molecule has 1 atom stereocenters. The van der Waals surface area contributed by atoms with Gasteiger partial charge in [0.2, 0.25) is 5.16 Å². The van der Waals surface area contributed by atoms with Crippen molar-refractivity contribution in [1.82, 2.24) is 24.8 Å². The lowest BCUT2D eigenvalue weighted by Gasteiger charge is -2.25. The molecule has 9 nitrogen and oxygen atoms in total. The summed E-state index contributed by atoms with van der Waals surface area (Å²) < 4.78 is 26.3. The number of carbonyl (C=O) groups excluding carboxylic acids is 1. The number of halogens is 1. The van der Waals surface area contributed by atoms with Gasteiger partial charge in [-0.3, -0.25) is 5.32 Å². The highest BCUT2D eigenvalue weighted by Crippen LogP contribution is 2.33. The molecule has 1 N–H and O–H groups in total. The first-order valence-corrected chi connectivity index (χ1v) is 12.4. The maximum Gasteiger partial charge on any atom is 0.413 e. The minimum Gasteiger partial charge on any atom is -0.446 e. The number of amides is 1. The monoisotopic (exact) mass is 508 g/mol. The highest BCUT2D eigenvalue weighted by molar-refractivity contribution is 7.99. The van der Waals surface area contributed by atoms with E-state index in [0.717, 1.165) is 27.1 Å². The summed E-state index contributed by atoms with van der Waals surface area (Å²) in [5.41, 5.74) is 2.85. The van der Waals surface area contributed by atoms with Crippen molar-refractivity contribution in [3.63, 3.8) is 0 Å². The Kier molecular flexibility index (Phi) is 5.76. The normalized spacial score (nSPS) is 15.3. The van der Waals surface area contributed by atoms with E-state index in [4.69, 9.17) is 9.47 Å². The van der Waals surface area contributed by atoms with Crippen LogP contribution in [0.5, 0.6) is 0 Å². The van der Waals surface area contributed by atoms with E-state index in [1.54, 1.807) is 16.6 Å². The molecular weight excluding hydrogens is 491 g/mol. The second-order valence-corrected chi connectivity index (χ2v) is 9.80. The Bertz CT molecular complexity index is 1530. The molecule has 2 aromatic carbocycles. The van der Waals surface area contributed by atoms with Crippen LogP contribution in [0, 0.1) is 5.82 Å². The lowest BCUT2D eigenvalue weighted by atomic mass is 10.1. The van der Waals surface area contributed by atoms with E-state index in [2.05, 4.69) is 25.6 Å². The van der Waals surface area contributed by atoms with Crippen LogP contribution in [-0.4, -0.2) is 50.2 Å². The van der Waals surface area contributed by atoms with Gasteiger partial charge in [-0.25, -0.2) is 14.2 Å². The number of nitrogens with zero attached hydrogens (tertiary/aromatic N) is 5. The van der Waals surface area contributed by atoms with E-state index in [1.807, 2.05) is 30.3 Å². The number of anilines is 1. The molecule has 35 heavy (non-hydrogen) atoms. The van der Waals surface area contributed by atoms with Gasteiger partial charge in [0.15, 0.2) is 10.8 Å². The number of ether oxygens (including phenoxy) is 2. The van der Waals surface area contributed by atoms with Crippen molar-refractivity contribution in [1.29, 1.82) is 0 Å². The standard InChI is InChI=1S/C23H17FN6O3S2/c24-14-3-1-13(2-4-14)17-7-8-20-27-28-22(30(20)29-17)34-16-5-6-18-19(11-16)35-21(25-18)26-23(31)33-12-15-9-10-32-15/h1-8,11,15H,9-10,12H2,(H,25,26,31). The molecule has 0 spiro atoms. The van der Waals surface area contributed by atoms with Crippen molar-refractivity contribution in [2.45, 2.75) is 22.6 Å². The Morgan fingerprint density at radius 3 is 2.86 bits per heavy atom. The molecule has 3 aromatic heterocycles. The van der Waals surface area contributed by atoms with Crippen LogP contribution in [0.2, 0.25) is 0 Å². The largest absolute Gasteiger partial charge is 0.446 e. The van der Waals surface area contributed by atoms with E-state index in [0.29, 0.717) is 28.2 Å². The minimum absolute atomic E-state index is 0.00908. The highest BCUT2D eigenvalue weighted by atomic mass is 32.2. The van der Waals surface area contributed by atoms with E-state index in [1.165, 1.54) is 35.2 Å². The SMILES string of the molecule is O=C(Nc1nc2ccc(Sc3nnc4ccc(-c5ccc(F)cc5)nn34)cc2s1)OCC1CCO1. The van der Waals surface area contributed by atoms with E-state index in [9.17, 15) is 9.18 Å². The number of thiazole rings is 1. The second kappa shape index (κ2) is 9.21. The Morgan fingerprint density at radius 1 is 1.20 bits per heavy atom. The van der Waals surface area contributed by atoms with Gasteiger partial charge in [0.1, 0.15) is 12.4 Å². The Labute approximate surface area is 206 Å². The first-order chi connectivity index (χ1) is 17.1. The third-order valence-electron chi connectivity index (χ3n) is 5.35. The van der Waals surface area contributed by atoms with Crippen molar-refractivity contribution >= 4 is 50.2 Å². The Balaban J connectivity index is 1.20. The molecule has 5 aromatic rings. The molecule has 6 rings (SSSR count). The average Bonchev–Trinajstić information content (AvgIpc) is 3.41. The topological polar surface area (TPSA) is 104 Å². The zero-order valence-corrected chi connectivity index (χ0v) is 19.7. The molecule has 1 saturated heterocycles. The van der Waals surface area contributed by atoms with Crippen LogP contribution < -0.4 is 5.32 Å². The third kappa shape index (κ3) is 4.67. The fourth-order valence-electron chi connectivity index (χ4n) is 3.44. The van der Waals surface area contributed by atoms with Crippen molar-refractivity contribution in [2.75, 3.05) is 18.5 Å². The van der Waals surface area contributed by atoms with Crippen LogP contribution in [-0.2, 0) is 9.47 Å². The first kappa shape index (κ1) is 21.9. The van der Waals surface area contributed by atoms with Crippen molar-refractivity contribution in [3.05, 3.63) is 60.4 Å². The summed E-state index contributed by atoms with van der Waals surface area (Å²) in [6.07, 6.45) is 0.344. The number of rotatable bonds is 6. The van der Waals surface area contributed by atoms with Gasteiger partial charge in [-0.1, -0.05) is 11.3 Å². The minimum atomic E-state index is -0.549. The van der Waals surface area contributed by atoms with E-state index >= 15 is 0 Å². The predicted molar refractivity (Wildman–Crippen MR) is 129 cm³/mol. The van der Waals surface area contributed by atoms with Crippen LogP contribution >= 0.6 is 23.1 Å². The summed E-state index contributed by atoms with van der Waals surface area (Å²) in [6.45, 7) is 0.949. The van der Waals surface area contributed by atoms with Gasteiger partial charge in [0, 0.05) is 23.5 Å². The second-order valence-electron chi connectivity index (χ2n) is 7.73. The molecule has 0 aliphatic carbocycles.